The number of carboxylic acids is 1. The van der Waals surface area contributed by atoms with Gasteiger partial charge in [0.15, 0.2) is 0 Å². The first kappa shape index (κ1) is 23.0. The van der Waals surface area contributed by atoms with Gasteiger partial charge in [-0.2, -0.15) is 0 Å². The van der Waals surface area contributed by atoms with E-state index < -0.39 is 11.9 Å². The maximum Gasteiger partial charge on any atom is 0.311 e. The zero-order valence-corrected chi connectivity index (χ0v) is 18.1. The van der Waals surface area contributed by atoms with E-state index in [2.05, 4.69) is 27.7 Å². The van der Waals surface area contributed by atoms with Crippen LogP contribution in [0, 0.1) is 0 Å². The van der Waals surface area contributed by atoms with E-state index in [4.69, 9.17) is 9.47 Å². The van der Waals surface area contributed by atoms with Gasteiger partial charge in [-0.15, -0.1) is 0 Å². The second-order valence-electron chi connectivity index (χ2n) is 8.43. The van der Waals surface area contributed by atoms with Crippen LogP contribution in [0.1, 0.15) is 63.1 Å². The number of carboxylic acid groups (broad SMARTS) is 1. The van der Waals surface area contributed by atoms with E-state index in [1.54, 1.807) is 0 Å². The van der Waals surface area contributed by atoms with Gasteiger partial charge in [-0.05, 0) is 47.1 Å². The molecule has 1 N–H and O–H groups in total. The number of ether oxygens (including phenoxy) is 2. The molecular weight excluding hydrogens is 364 g/mol. The zero-order chi connectivity index (χ0) is 21.3. The van der Waals surface area contributed by atoms with Gasteiger partial charge in [0.1, 0.15) is 12.4 Å². The molecule has 0 heterocycles. The lowest BCUT2D eigenvalue weighted by atomic mass is 9.84. The quantitative estimate of drug-likeness (QED) is 0.501. The second kappa shape index (κ2) is 11.0. The number of rotatable bonds is 11. The summed E-state index contributed by atoms with van der Waals surface area (Å²) in [5.74, 6) is -0.602. The standard InChI is InChI=1S/C25H34O4/c1-5-6-15-28-16-17-29-22-13-7-19(8-14-22)18-23(24(26)27)20-9-11-21(12-10-20)25(2,3)4/h7-14,23H,5-6,15-18H2,1-4H3,(H,26,27). The fraction of sp³-hybridized carbons (Fsp3) is 0.480. The fourth-order valence-corrected chi connectivity index (χ4v) is 3.09. The van der Waals surface area contributed by atoms with Crippen LogP contribution in [-0.4, -0.2) is 30.9 Å². The van der Waals surface area contributed by atoms with Crippen LogP contribution in [0.15, 0.2) is 48.5 Å². The molecule has 0 bridgehead atoms. The lowest BCUT2D eigenvalue weighted by Gasteiger charge is -2.20. The molecule has 0 radical (unpaired) electrons. The highest BCUT2D eigenvalue weighted by Gasteiger charge is 2.21. The van der Waals surface area contributed by atoms with Crippen LogP contribution >= 0.6 is 0 Å². The number of hydrogen-bond acceptors (Lipinski definition) is 3. The van der Waals surface area contributed by atoms with Crippen molar-refractivity contribution in [3.8, 4) is 5.75 Å². The molecule has 0 aliphatic rings. The molecule has 1 unspecified atom stereocenters. The van der Waals surface area contributed by atoms with E-state index in [-0.39, 0.29) is 5.41 Å². The van der Waals surface area contributed by atoms with Gasteiger partial charge in [0.2, 0.25) is 0 Å². The summed E-state index contributed by atoms with van der Waals surface area (Å²) in [6.07, 6.45) is 2.64. The van der Waals surface area contributed by atoms with E-state index in [0.717, 1.165) is 36.3 Å². The van der Waals surface area contributed by atoms with Crippen LogP contribution in [0.4, 0.5) is 0 Å². The van der Waals surface area contributed by atoms with Crippen molar-refractivity contribution in [2.24, 2.45) is 0 Å². The number of aliphatic carboxylic acids is 1. The van der Waals surface area contributed by atoms with Crippen molar-refractivity contribution in [1.29, 1.82) is 0 Å². The molecule has 2 rings (SSSR count). The van der Waals surface area contributed by atoms with Crippen molar-refractivity contribution in [3.05, 3.63) is 65.2 Å². The maximum atomic E-state index is 11.9. The molecule has 0 amide bonds. The van der Waals surface area contributed by atoms with Crippen molar-refractivity contribution in [2.75, 3.05) is 19.8 Å². The Morgan fingerprint density at radius 1 is 0.966 bits per heavy atom. The Labute approximate surface area is 174 Å². The van der Waals surface area contributed by atoms with E-state index in [0.29, 0.717) is 19.6 Å². The van der Waals surface area contributed by atoms with Crippen LogP contribution in [0.2, 0.25) is 0 Å². The molecule has 0 fully saturated rings. The molecule has 0 aromatic heterocycles. The minimum atomic E-state index is -0.807. The average molecular weight is 399 g/mol. The number of carbonyl (C=O) groups is 1. The summed E-state index contributed by atoms with van der Waals surface area (Å²) >= 11 is 0. The second-order valence-corrected chi connectivity index (χ2v) is 8.43. The van der Waals surface area contributed by atoms with Crippen LogP contribution in [0.3, 0.4) is 0 Å². The number of unbranched alkanes of at least 4 members (excludes halogenated alkanes) is 1. The Kier molecular flexibility index (Phi) is 8.71. The van der Waals surface area contributed by atoms with Gasteiger partial charge in [-0.3, -0.25) is 4.79 Å². The molecular formula is C25H34O4. The Morgan fingerprint density at radius 3 is 2.17 bits per heavy atom. The van der Waals surface area contributed by atoms with Gasteiger partial charge in [0.05, 0.1) is 12.5 Å². The lowest BCUT2D eigenvalue weighted by Crippen LogP contribution is -2.16. The smallest absolute Gasteiger partial charge is 0.311 e. The van der Waals surface area contributed by atoms with Gasteiger partial charge < -0.3 is 14.6 Å². The minimum Gasteiger partial charge on any atom is -0.491 e. The van der Waals surface area contributed by atoms with Gasteiger partial charge >= 0.3 is 5.97 Å². The molecule has 4 nitrogen and oxygen atoms in total. The number of hydrogen-bond donors (Lipinski definition) is 1. The van der Waals surface area contributed by atoms with Crippen molar-refractivity contribution < 1.29 is 19.4 Å². The van der Waals surface area contributed by atoms with Crippen LogP contribution in [0.5, 0.6) is 5.75 Å². The summed E-state index contributed by atoms with van der Waals surface area (Å²) in [6.45, 7) is 10.4. The van der Waals surface area contributed by atoms with E-state index in [1.165, 1.54) is 5.56 Å². The summed E-state index contributed by atoms with van der Waals surface area (Å²) in [4.78, 5) is 11.9. The Morgan fingerprint density at radius 2 is 1.62 bits per heavy atom. The first-order chi connectivity index (χ1) is 13.8. The number of benzene rings is 2. The largest absolute Gasteiger partial charge is 0.491 e. The predicted octanol–water partition coefficient (Wildman–Crippen LogP) is 5.59. The highest BCUT2D eigenvalue weighted by Crippen LogP contribution is 2.27. The molecule has 4 heteroatoms. The Balaban J connectivity index is 1.94. The molecule has 29 heavy (non-hydrogen) atoms. The first-order valence-corrected chi connectivity index (χ1v) is 10.4. The molecule has 2 aromatic carbocycles. The van der Waals surface area contributed by atoms with Gasteiger partial charge in [0, 0.05) is 6.61 Å². The monoisotopic (exact) mass is 398 g/mol. The average Bonchev–Trinajstić information content (AvgIpc) is 2.69. The molecule has 0 aliphatic heterocycles. The van der Waals surface area contributed by atoms with E-state index >= 15 is 0 Å². The minimum absolute atomic E-state index is 0.0497. The Hall–Kier alpha value is -2.33. The summed E-state index contributed by atoms with van der Waals surface area (Å²) in [5.41, 5.74) is 3.05. The molecule has 0 spiro atoms. The fourth-order valence-electron chi connectivity index (χ4n) is 3.09. The summed E-state index contributed by atoms with van der Waals surface area (Å²) in [5, 5.41) is 9.74. The Bertz CT molecular complexity index is 742. The predicted molar refractivity (Wildman–Crippen MR) is 117 cm³/mol. The van der Waals surface area contributed by atoms with Crippen LogP contribution in [-0.2, 0) is 21.4 Å². The SMILES string of the molecule is CCCCOCCOc1ccc(CC(C(=O)O)c2ccc(C(C)(C)C)cc2)cc1. The third kappa shape index (κ3) is 7.54. The van der Waals surface area contributed by atoms with Crippen molar-refractivity contribution in [2.45, 2.75) is 58.3 Å². The topological polar surface area (TPSA) is 55.8 Å². The first-order valence-electron chi connectivity index (χ1n) is 10.4. The van der Waals surface area contributed by atoms with Crippen LogP contribution < -0.4 is 4.74 Å². The molecule has 0 saturated heterocycles. The highest BCUT2D eigenvalue weighted by atomic mass is 16.5. The summed E-state index contributed by atoms with van der Waals surface area (Å²) in [7, 11) is 0. The van der Waals surface area contributed by atoms with Crippen LogP contribution in [0.25, 0.3) is 0 Å². The third-order valence-electron chi connectivity index (χ3n) is 4.98. The van der Waals surface area contributed by atoms with E-state index in [9.17, 15) is 9.90 Å². The van der Waals surface area contributed by atoms with Gasteiger partial charge in [-0.1, -0.05) is 70.5 Å². The lowest BCUT2D eigenvalue weighted by molar-refractivity contribution is -0.138. The zero-order valence-electron chi connectivity index (χ0n) is 18.1. The van der Waals surface area contributed by atoms with Crippen molar-refractivity contribution in [1.82, 2.24) is 0 Å². The molecule has 0 saturated carbocycles. The van der Waals surface area contributed by atoms with Gasteiger partial charge in [0.25, 0.3) is 0 Å². The normalized spacial score (nSPS) is 12.6. The van der Waals surface area contributed by atoms with Crippen molar-refractivity contribution in [3.63, 3.8) is 0 Å². The molecule has 0 aliphatic carbocycles. The molecule has 2 aromatic rings. The highest BCUT2D eigenvalue weighted by molar-refractivity contribution is 5.76. The third-order valence-corrected chi connectivity index (χ3v) is 4.98. The maximum absolute atomic E-state index is 11.9. The van der Waals surface area contributed by atoms with Gasteiger partial charge in [-0.25, -0.2) is 0 Å². The molecule has 158 valence electrons. The molecule has 1 atom stereocenters. The summed E-state index contributed by atoms with van der Waals surface area (Å²) in [6, 6.07) is 15.6. The summed E-state index contributed by atoms with van der Waals surface area (Å²) < 4.78 is 11.2. The van der Waals surface area contributed by atoms with E-state index in [1.807, 2.05) is 48.5 Å². The van der Waals surface area contributed by atoms with Crippen molar-refractivity contribution >= 4 is 5.97 Å².